The standard InChI is InChI=1S/C14H13N3.C2H6/c1-10-2-7-14-16-13(9-17(14)8-10)11-3-5-12(15)6-4-11;1-2/h2-9H,15H2,1H3;1-2H3/p+1. The molecule has 0 amide bonds. The normalized spacial score (nSPS) is 10.1. The molecule has 0 saturated carbocycles. The van der Waals surface area contributed by atoms with Crippen LogP contribution < -0.4 is 10.1 Å². The van der Waals surface area contributed by atoms with Crippen LogP contribution in [0.1, 0.15) is 19.4 Å². The van der Waals surface area contributed by atoms with Gasteiger partial charge in [-0.3, -0.25) is 0 Å². The van der Waals surface area contributed by atoms with Crippen molar-refractivity contribution < 1.29 is 4.40 Å². The SMILES string of the molecule is CC.Cc1ccc2[nH]c(-c3ccc(N)cc3)c[n+]2c1. The van der Waals surface area contributed by atoms with Gasteiger partial charge in [-0.1, -0.05) is 13.8 Å². The average Bonchev–Trinajstić information content (AvgIpc) is 2.84. The van der Waals surface area contributed by atoms with Crippen LogP contribution in [0, 0.1) is 6.92 Å². The fourth-order valence-electron chi connectivity index (χ4n) is 1.96. The van der Waals surface area contributed by atoms with Crippen LogP contribution in [0.25, 0.3) is 16.9 Å². The molecule has 0 fully saturated rings. The van der Waals surface area contributed by atoms with Crippen LogP contribution >= 0.6 is 0 Å². The maximum Gasteiger partial charge on any atom is 0.284 e. The lowest BCUT2D eigenvalue weighted by atomic mass is 10.1. The van der Waals surface area contributed by atoms with Gasteiger partial charge in [-0.25, -0.2) is 9.38 Å². The van der Waals surface area contributed by atoms with Gasteiger partial charge in [-0.2, -0.15) is 0 Å². The molecule has 0 aliphatic heterocycles. The number of fused-ring (bicyclic) bond motifs is 1. The van der Waals surface area contributed by atoms with Gasteiger partial charge in [0, 0.05) is 17.3 Å². The lowest BCUT2D eigenvalue weighted by molar-refractivity contribution is -0.510. The fraction of sp³-hybridized carbons (Fsp3) is 0.188. The zero-order valence-corrected chi connectivity index (χ0v) is 11.6. The minimum absolute atomic E-state index is 0.786. The summed E-state index contributed by atoms with van der Waals surface area (Å²) >= 11 is 0. The van der Waals surface area contributed by atoms with Crippen molar-refractivity contribution in [3.63, 3.8) is 0 Å². The van der Waals surface area contributed by atoms with Crippen molar-refractivity contribution in [1.29, 1.82) is 0 Å². The van der Waals surface area contributed by atoms with E-state index in [0.29, 0.717) is 0 Å². The van der Waals surface area contributed by atoms with E-state index >= 15 is 0 Å². The summed E-state index contributed by atoms with van der Waals surface area (Å²) in [5.74, 6) is 0. The number of pyridine rings is 1. The first-order valence-electron chi connectivity index (χ1n) is 6.59. The van der Waals surface area contributed by atoms with E-state index in [4.69, 9.17) is 5.73 Å². The van der Waals surface area contributed by atoms with Crippen molar-refractivity contribution in [1.82, 2.24) is 4.98 Å². The van der Waals surface area contributed by atoms with E-state index in [1.54, 1.807) is 0 Å². The number of benzene rings is 1. The first kappa shape index (κ1) is 13.1. The number of nitrogens with two attached hydrogens (primary N) is 1. The molecular weight excluding hydrogens is 234 g/mol. The van der Waals surface area contributed by atoms with Crippen LogP contribution in [-0.4, -0.2) is 4.98 Å². The largest absolute Gasteiger partial charge is 0.399 e. The zero-order chi connectivity index (χ0) is 13.8. The molecule has 0 unspecified atom stereocenters. The monoisotopic (exact) mass is 254 g/mol. The number of imidazole rings is 1. The first-order chi connectivity index (χ1) is 9.22. The zero-order valence-electron chi connectivity index (χ0n) is 11.6. The van der Waals surface area contributed by atoms with E-state index in [2.05, 4.69) is 40.8 Å². The Hall–Kier alpha value is -2.29. The van der Waals surface area contributed by atoms with E-state index in [-0.39, 0.29) is 0 Å². The lowest BCUT2D eigenvalue weighted by Crippen LogP contribution is -2.17. The predicted molar refractivity (Wildman–Crippen MR) is 79.9 cm³/mol. The minimum Gasteiger partial charge on any atom is -0.399 e. The molecule has 3 rings (SSSR count). The molecule has 0 saturated heterocycles. The first-order valence-corrected chi connectivity index (χ1v) is 6.59. The molecule has 0 aliphatic rings. The summed E-state index contributed by atoms with van der Waals surface area (Å²) in [6.07, 6.45) is 4.19. The van der Waals surface area contributed by atoms with E-state index < -0.39 is 0 Å². The van der Waals surface area contributed by atoms with Crippen molar-refractivity contribution in [2.45, 2.75) is 20.8 Å². The Kier molecular flexibility index (Phi) is 3.85. The number of rotatable bonds is 1. The van der Waals surface area contributed by atoms with Gasteiger partial charge in [0.05, 0.1) is 6.20 Å². The Morgan fingerprint density at radius 1 is 0.947 bits per heavy atom. The van der Waals surface area contributed by atoms with Gasteiger partial charge in [0.15, 0.2) is 5.69 Å². The molecule has 98 valence electrons. The topological polar surface area (TPSA) is 45.9 Å². The summed E-state index contributed by atoms with van der Waals surface area (Å²) in [5, 5.41) is 0. The van der Waals surface area contributed by atoms with Crippen molar-refractivity contribution in [3.8, 4) is 11.3 Å². The second kappa shape index (κ2) is 5.57. The Morgan fingerprint density at radius 3 is 2.32 bits per heavy atom. The second-order valence-corrected chi connectivity index (χ2v) is 4.29. The molecule has 0 spiro atoms. The molecule has 1 aromatic carbocycles. The number of aromatic amines is 1. The van der Waals surface area contributed by atoms with Crippen molar-refractivity contribution in [2.24, 2.45) is 0 Å². The van der Waals surface area contributed by atoms with Gasteiger partial charge in [0.25, 0.3) is 5.65 Å². The number of aromatic nitrogens is 2. The number of nitrogens with one attached hydrogen (secondary N) is 1. The van der Waals surface area contributed by atoms with E-state index in [9.17, 15) is 0 Å². The molecule has 0 radical (unpaired) electrons. The van der Waals surface area contributed by atoms with Crippen molar-refractivity contribution >= 4 is 11.3 Å². The molecule has 3 nitrogen and oxygen atoms in total. The van der Waals surface area contributed by atoms with Gasteiger partial charge >= 0.3 is 0 Å². The van der Waals surface area contributed by atoms with Gasteiger partial charge in [-0.15, -0.1) is 0 Å². The maximum atomic E-state index is 5.68. The van der Waals surface area contributed by atoms with Crippen LogP contribution in [0.4, 0.5) is 5.69 Å². The van der Waals surface area contributed by atoms with Gasteiger partial charge in [0.1, 0.15) is 6.20 Å². The highest BCUT2D eigenvalue weighted by Crippen LogP contribution is 2.18. The van der Waals surface area contributed by atoms with Crippen LogP contribution in [-0.2, 0) is 0 Å². The summed E-state index contributed by atoms with van der Waals surface area (Å²) in [6.45, 7) is 6.09. The Balaban J connectivity index is 0.000000637. The van der Waals surface area contributed by atoms with Gasteiger partial charge < -0.3 is 5.73 Å². The highest BCUT2D eigenvalue weighted by Gasteiger charge is 2.10. The summed E-state index contributed by atoms with van der Waals surface area (Å²) in [6, 6.07) is 12.0. The lowest BCUT2D eigenvalue weighted by Gasteiger charge is -1.94. The highest BCUT2D eigenvalue weighted by molar-refractivity contribution is 5.62. The van der Waals surface area contributed by atoms with E-state index in [1.165, 1.54) is 5.56 Å². The number of aryl methyl sites for hydroxylation is 1. The second-order valence-electron chi connectivity index (χ2n) is 4.29. The summed E-state index contributed by atoms with van der Waals surface area (Å²) in [4.78, 5) is 3.38. The number of hydrogen-bond acceptors (Lipinski definition) is 1. The quantitative estimate of drug-likeness (QED) is 0.508. The highest BCUT2D eigenvalue weighted by atomic mass is 15.0. The van der Waals surface area contributed by atoms with Crippen LogP contribution in [0.15, 0.2) is 48.8 Å². The molecule has 2 aromatic heterocycles. The van der Waals surface area contributed by atoms with Crippen LogP contribution in [0.2, 0.25) is 0 Å². The molecule has 0 atom stereocenters. The molecular formula is C16H20N3+. The average molecular weight is 254 g/mol. The van der Waals surface area contributed by atoms with E-state index in [0.717, 1.165) is 22.6 Å². The minimum atomic E-state index is 0.786. The number of H-pyrrole nitrogens is 1. The molecule has 0 aliphatic carbocycles. The smallest absolute Gasteiger partial charge is 0.284 e. The Bertz CT molecular complexity index is 666. The van der Waals surface area contributed by atoms with Crippen molar-refractivity contribution in [2.75, 3.05) is 5.73 Å². The van der Waals surface area contributed by atoms with Gasteiger partial charge in [-0.05, 0) is 42.8 Å². The molecule has 19 heavy (non-hydrogen) atoms. The van der Waals surface area contributed by atoms with Crippen LogP contribution in [0.5, 0.6) is 0 Å². The van der Waals surface area contributed by atoms with Crippen LogP contribution in [0.3, 0.4) is 0 Å². The fourth-order valence-corrected chi connectivity index (χ4v) is 1.96. The van der Waals surface area contributed by atoms with Crippen molar-refractivity contribution in [3.05, 3.63) is 54.4 Å². The Labute approximate surface area is 113 Å². The maximum absolute atomic E-state index is 5.68. The third-order valence-corrected chi connectivity index (χ3v) is 2.88. The molecule has 0 bridgehead atoms. The molecule has 2 heterocycles. The summed E-state index contributed by atoms with van der Waals surface area (Å²) < 4.78 is 2.10. The molecule has 3 N–H and O–H groups in total. The summed E-state index contributed by atoms with van der Waals surface area (Å²) in [7, 11) is 0. The number of nitrogens with zero attached hydrogens (tertiary/aromatic N) is 1. The number of hydrogen-bond donors (Lipinski definition) is 2. The molecule has 3 aromatic rings. The van der Waals surface area contributed by atoms with Gasteiger partial charge in [0.2, 0.25) is 0 Å². The predicted octanol–water partition coefficient (Wildman–Crippen LogP) is 3.34. The van der Waals surface area contributed by atoms with E-state index in [1.807, 2.05) is 38.1 Å². The third kappa shape index (κ3) is 2.76. The Morgan fingerprint density at radius 2 is 1.63 bits per heavy atom. The third-order valence-electron chi connectivity index (χ3n) is 2.88. The molecule has 3 heteroatoms. The number of anilines is 1. The summed E-state index contributed by atoms with van der Waals surface area (Å²) in [5.41, 5.74) is 11.0. The number of nitrogen functional groups attached to an aromatic ring is 1.